The molecule has 3 rings (SSSR count). The summed E-state index contributed by atoms with van der Waals surface area (Å²) in [6.07, 6.45) is -3.01. The van der Waals surface area contributed by atoms with Gasteiger partial charge in [0, 0.05) is 5.56 Å². The van der Waals surface area contributed by atoms with Crippen LogP contribution in [-0.4, -0.2) is 4.98 Å². The van der Waals surface area contributed by atoms with Crippen LogP contribution in [0.2, 0.25) is 5.15 Å². The van der Waals surface area contributed by atoms with E-state index in [1.165, 1.54) is 12.3 Å². The van der Waals surface area contributed by atoms with Crippen LogP contribution in [0.5, 0.6) is 0 Å². The molecule has 2 aromatic heterocycles. The second-order valence-corrected chi connectivity index (χ2v) is 4.60. The van der Waals surface area contributed by atoms with Crippen molar-refractivity contribution in [1.29, 1.82) is 0 Å². The van der Waals surface area contributed by atoms with Gasteiger partial charge in [0.1, 0.15) is 16.9 Å². The lowest BCUT2D eigenvalue weighted by Gasteiger charge is -2.07. The van der Waals surface area contributed by atoms with E-state index in [1.807, 2.05) is 0 Å². The summed E-state index contributed by atoms with van der Waals surface area (Å²) < 4.78 is 43.5. The van der Waals surface area contributed by atoms with Crippen molar-refractivity contribution < 1.29 is 17.6 Å². The minimum atomic E-state index is -4.39. The molecule has 0 bridgehead atoms. The smallest absolute Gasteiger partial charge is 0.416 e. The lowest BCUT2D eigenvalue weighted by molar-refractivity contribution is -0.137. The normalized spacial score (nSPS) is 12.0. The second kappa shape index (κ2) is 4.52. The molecular formula is C14H7ClF3NO. The molecule has 3 aromatic rings. The Kier molecular flexibility index (Phi) is 2.94. The van der Waals surface area contributed by atoms with E-state index in [1.54, 1.807) is 18.2 Å². The van der Waals surface area contributed by atoms with E-state index in [-0.39, 0.29) is 5.15 Å². The van der Waals surface area contributed by atoms with E-state index in [4.69, 9.17) is 16.0 Å². The highest BCUT2D eigenvalue weighted by molar-refractivity contribution is 6.29. The number of rotatable bonds is 1. The van der Waals surface area contributed by atoms with Crippen LogP contribution in [-0.2, 0) is 6.18 Å². The molecule has 0 saturated carbocycles. The van der Waals surface area contributed by atoms with Crippen LogP contribution in [0.15, 0.2) is 47.1 Å². The van der Waals surface area contributed by atoms with E-state index in [0.29, 0.717) is 22.2 Å². The van der Waals surface area contributed by atoms with Gasteiger partial charge in [-0.25, -0.2) is 4.98 Å². The topological polar surface area (TPSA) is 26.0 Å². The predicted molar refractivity (Wildman–Crippen MR) is 69.5 cm³/mol. The molecular weight excluding hydrogens is 291 g/mol. The zero-order valence-corrected chi connectivity index (χ0v) is 10.7. The lowest BCUT2D eigenvalue weighted by Crippen LogP contribution is -2.04. The fourth-order valence-corrected chi connectivity index (χ4v) is 2.10. The highest BCUT2D eigenvalue weighted by Gasteiger charge is 2.30. The Balaban J connectivity index is 2.18. The monoisotopic (exact) mass is 297 g/mol. The van der Waals surface area contributed by atoms with Gasteiger partial charge in [0.2, 0.25) is 0 Å². The van der Waals surface area contributed by atoms with Gasteiger partial charge >= 0.3 is 6.18 Å². The molecule has 0 spiro atoms. The third-order valence-electron chi connectivity index (χ3n) is 2.88. The molecule has 0 fully saturated rings. The molecule has 0 amide bonds. The Hall–Kier alpha value is -2.01. The SMILES string of the molecule is FC(F)(F)c1cccc(-c2coc3ccc(Cl)nc23)c1. The van der Waals surface area contributed by atoms with Crippen molar-refractivity contribution in [3.05, 3.63) is 53.4 Å². The van der Waals surface area contributed by atoms with Crippen molar-refractivity contribution in [3.63, 3.8) is 0 Å². The number of nitrogens with zero attached hydrogens (tertiary/aromatic N) is 1. The zero-order valence-electron chi connectivity index (χ0n) is 9.91. The van der Waals surface area contributed by atoms with E-state index in [9.17, 15) is 13.2 Å². The number of fused-ring (bicyclic) bond motifs is 1. The fraction of sp³-hybridized carbons (Fsp3) is 0.0714. The Morgan fingerprint density at radius 1 is 1.10 bits per heavy atom. The molecule has 0 aliphatic carbocycles. The van der Waals surface area contributed by atoms with E-state index >= 15 is 0 Å². The molecule has 2 heterocycles. The number of alkyl halides is 3. The Labute approximate surface area is 116 Å². The third kappa shape index (κ3) is 2.25. The van der Waals surface area contributed by atoms with Crippen molar-refractivity contribution in [2.45, 2.75) is 6.18 Å². The summed E-state index contributed by atoms with van der Waals surface area (Å²) in [5.41, 5.74) is 1.06. The van der Waals surface area contributed by atoms with Crippen LogP contribution in [0, 0.1) is 0 Å². The summed E-state index contributed by atoms with van der Waals surface area (Å²) in [7, 11) is 0. The number of furan rings is 1. The summed E-state index contributed by atoms with van der Waals surface area (Å²) >= 11 is 5.81. The molecule has 2 nitrogen and oxygen atoms in total. The summed E-state index contributed by atoms with van der Waals surface area (Å²) in [5, 5.41) is 0.257. The van der Waals surface area contributed by atoms with E-state index < -0.39 is 11.7 Å². The Morgan fingerprint density at radius 2 is 1.90 bits per heavy atom. The van der Waals surface area contributed by atoms with Gasteiger partial charge < -0.3 is 4.42 Å². The maximum Gasteiger partial charge on any atom is 0.416 e. The third-order valence-corrected chi connectivity index (χ3v) is 3.09. The molecule has 0 aliphatic heterocycles. The van der Waals surface area contributed by atoms with Crippen molar-refractivity contribution in [3.8, 4) is 11.1 Å². The molecule has 0 radical (unpaired) electrons. The van der Waals surface area contributed by atoms with Crippen LogP contribution < -0.4 is 0 Å². The molecule has 0 aliphatic rings. The van der Waals surface area contributed by atoms with Crippen LogP contribution in [0.3, 0.4) is 0 Å². The van der Waals surface area contributed by atoms with E-state index in [0.717, 1.165) is 12.1 Å². The van der Waals surface area contributed by atoms with Gasteiger partial charge in [0.15, 0.2) is 5.58 Å². The summed E-state index contributed by atoms with van der Waals surface area (Å²) in [6, 6.07) is 8.19. The highest BCUT2D eigenvalue weighted by Crippen LogP contribution is 2.35. The van der Waals surface area contributed by atoms with Gasteiger partial charge in [-0.3, -0.25) is 0 Å². The first-order valence-electron chi connectivity index (χ1n) is 5.66. The van der Waals surface area contributed by atoms with Crippen molar-refractivity contribution in [2.75, 3.05) is 0 Å². The van der Waals surface area contributed by atoms with Crippen LogP contribution in [0.25, 0.3) is 22.2 Å². The molecule has 102 valence electrons. The highest BCUT2D eigenvalue weighted by atomic mass is 35.5. The zero-order chi connectivity index (χ0) is 14.3. The molecule has 0 unspecified atom stereocenters. The van der Waals surface area contributed by atoms with E-state index in [2.05, 4.69) is 4.98 Å². The first kappa shape index (κ1) is 13.0. The largest absolute Gasteiger partial charge is 0.462 e. The summed E-state index contributed by atoms with van der Waals surface area (Å²) in [4.78, 5) is 4.09. The Morgan fingerprint density at radius 3 is 2.65 bits per heavy atom. The lowest BCUT2D eigenvalue weighted by atomic mass is 10.0. The predicted octanol–water partition coefficient (Wildman–Crippen LogP) is 5.17. The maximum atomic E-state index is 12.7. The first-order chi connectivity index (χ1) is 9.45. The average molecular weight is 298 g/mol. The quantitative estimate of drug-likeness (QED) is 0.579. The van der Waals surface area contributed by atoms with Crippen molar-refractivity contribution in [2.24, 2.45) is 0 Å². The number of halogens is 4. The number of pyridine rings is 1. The average Bonchev–Trinajstić information content (AvgIpc) is 2.81. The fourth-order valence-electron chi connectivity index (χ4n) is 1.96. The minimum absolute atomic E-state index is 0.257. The number of hydrogen-bond acceptors (Lipinski definition) is 2. The van der Waals surface area contributed by atoms with Gasteiger partial charge in [-0.15, -0.1) is 0 Å². The van der Waals surface area contributed by atoms with Gasteiger partial charge in [0.05, 0.1) is 5.56 Å². The standard InChI is InChI=1S/C14H7ClF3NO/c15-12-5-4-11-13(19-12)10(7-20-11)8-2-1-3-9(6-8)14(16,17)18/h1-7H. The van der Waals surface area contributed by atoms with Crippen molar-refractivity contribution in [1.82, 2.24) is 4.98 Å². The van der Waals surface area contributed by atoms with Crippen LogP contribution in [0.1, 0.15) is 5.56 Å². The van der Waals surface area contributed by atoms with Crippen molar-refractivity contribution >= 4 is 22.7 Å². The molecule has 0 saturated heterocycles. The summed E-state index contributed by atoms with van der Waals surface area (Å²) in [5.74, 6) is 0. The number of benzene rings is 1. The van der Waals surface area contributed by atoms with Gasteiger partial charge in [-0.05, 0) is 29.8 Å². The first-order valence-corrected chi connectivity index (χ1v) is 6.04. The van der Waals surface area contributed by atoms with Crippen LogP contribution >= 0.6 is 11.6 Å². The molecule has 0 atom stereocenters. The Bertz CT molecular complexity index is 779. The molecule has 1 aromatic carbocycles. The van der Waals surface area contributed by atoms with Gasteiger partial charge in [0.25, 0.3) is 0 Å². The molecule has 6 heteroatoms. The van der Waals surface area contributed by atoms with Gasteiger partial charge in [-0.2, -0.15) is 13.2 Å². The van der Waals surface area contributed by atoms with Crippen LogP contribution in [0.4, 0.5) is 13.2 Å². The van der Waals surface area contributed by atoms with Gasteiger partial charge in [-0.1, -0.05) is 23.7 Å². The second-order valence-electron chi connectivity index (χ2n) is 4.21. The molecule has 20 heavy (non-hydrogen) atoms. The summed E-state index contributed by atoms with van der Waals surface area (Å²) in [6.45, 7) is 0. The molecule has 0 N–H and O–H groups in total. The number of aromatic nitrogens is 1. The maximum absolute atomic E-state index is 12.7. The minimum Gasteiger partial charge on any atom is -0.462 e. The number of hydrogen-bond donors (Lipinski definition) is 0.